The molecule has 1 aromatic rings. The summed E-state index contributed by atoms with van der Waals surface area (Å²) in [6.45, 7) is 2.46. The molecule has 0 spiro atoms. The SMILES string of the molecule is CCOC=Cc1cnc(Cl)c(C#N)n1. The van der Waals surface area contributed by atoms with E-state index >= 15 is 0 Å². The molecule has 72 valence electrons. The van der Waals surface area contributed by atoms with Gasteiger partial charge in [0.25, 0.3) is 0 Å². The Hall–Kier alpha value is -1.60. The zero-order valence-electron chi connectivity index (χ0n) is 7.57. The second-order valence-electron chi connectivity index (χ2n) is 2.30. The quantitative estimate of drug-likeness (QED) is 0.715. The first kappa shape index (κ1) is 10.5. The van der Waals surface area contributed by atoms with E-state index in [2.05, 4.69) is 9.97 Å². The maximum atomic E-state index is 8.62. The highest BCUT2D eigenvalue weighted by Gasteiger charge is 2.01. The minimum Gasteiger partial charge on any atom is -0.501 e. The van der Waals surface area contributed by atoms with E-state index in [-0.39, 0.29) is 10.8 Å². The first-order valence-electron chi connectivity index (χ1n) is 3.98. The Bertz CT molecular complexity index is 384. The van der Waals surface area contributed by atoms with Crippen LogP contribution in [-0.4, -0.2) is 16.6 Å². The smallest absolute Gasteiger partial charge is 0.178 e. The summed E-state index contributed by atoms with van der Waals surface area (Å²) < 4.78 is 4.98. The van der Waals surface area contributed by atoms with E-state index in [1.165, 1.54) is 12.5 Å². The average Bonchev–Trinajstić information content (AvgIpc) is 2.21. The molecule has 1 aromatic heterocycles. The lowest BCUT2D eigenvalue weighted by atomic mass is 10.4. The van der Waals surface area contributed by atoms with Crippen molar-refractivity contribution in [3.8, 4) is 6.07 Å². The summed E-state index contributed by atoms with van der Waals surface area (Å²) in [7, 11) is 0. The molecule has 0 bridgehead atoms. The van der Waals surface area contributed by atoms with Gasteiger partial charge in [-0.15, -0.1) is 0 Å². The predicted octanol–water partition coefficient (Wildman–Crippen LogP) is 2.01. The third kappa shape index (κ3) is 2.71. The van der Waals surface area contributed by atoms with Crippen LogP contribution in [0.1, 0.15) is 18.3 Å². The highest BCUT2D eigenvalue weighted by atomic mass is 35.5. The van der Waals surface area contributed by atoms with Crippen LogP contribution in [0.5, 0.6) is 0 Å². The number of nitrogens with zero attached hydrogens (tertiary/aromatic N) is 3. The molecule has 14 heavy (non-hydrogen) atoms. The number of ether oxygens (including phenoxy) is 1. The van der Waals surface area contributed by atoms with E-state index in [4.69, 9.17) is 21.6 Å². The molecule has 0 aliphatic rings. The summed E-state index contributed by atoms with van der Waals surface area (Å²) in [5, 5.41) is 8.73. The van der Waals surface area contributed by atoms with Gasteiger partial charge in [-0.3, -0.25) is 0 Å². The summed E-state index contributed by atoms with van der Waals surface area (Å²) in [6.07, 6.45) is 4.59. The maximum absolute atomic E-state index is 8.62. The molecule has 0 amide bonds. The topological polar surface area (TPSA) is 58.8 Å². The van der Waals surface area contributed by atoms with E-state index in [1.807, 2.05) is 13.0 Å². The van der Waals surface area contributed by atoms with Crippen LogP contribution in [0.25, 0.3) is 6.08 Å². The first-order chi connectivity index (χ1) is 6.77. The molecule has 4 nitrogen and oxygen atoms in total. The van der Waals surface area contributed by atoms with Crippen LogP contribution in [0.4, 0.5) is 0 Å². The number of halogens is 1. The molecule has 0 aliphatic carbocycles. The van der Waals surface area contributed by atoms with E-state index in [0.29, 0.717) is 12.3 Å². The molecule has 0 N–H and O–H groups in total. The second kappa shape index (κ2) is 5.20. The van der Waals surface area contributed by atoms with Crippen LogP contribution in [0.15, 0.2) is 12.5 Å². The molecular formula is C9H8ClN3O. The number of aromatic nitrogens is 2. The Morgan fingerprint density at radius 1 is 1.71 bits per heavy atom. The molecular weight excluding hydrogens is 202 g/mol. The number of hydrogen-bond acceptors (Lipinski definition) is 4. The molecule has 0 atom stereocenters. The molecule has 0 unspecified atom stereocenters. The Morgan fingerprint density at radius 3 is 3.14 bits per heavy atom. The van der Waals surface area contributed by atoms with Crippen molar-refractivity contribution in [2.75, 3.05) is 6.61 Å². The van der Waals surface area contributed by atoms with Gasteiger partial charge in [0.15, 0.2) is 10.8 Å². The van der Waals surface area contributed by atoms with Gasteiger partial charge in [-0.05, 0) is 13.0 Å². The van der Waals surface area contributed by atoms with E-state index < -0.39 is 0 Å². The molecule has 0 radical (unpaired) electrons. The van der Waals surface area contributed by atoms with Gasteiger partial charge >= 0.3 is 0 Å². The van der Waals surface area contributed by atoms with Gasteiger partial charge in [-0.2, -0.15) is 5.26 Å². The van der Waals surface area contributed by atoms with Gasteiger partial charge < -0.3 is 4.74 Å². The molecule has 1 heterocycles. The van der Waals surface area contributed by atoms with Crippen molar-refractivity contribution in [2.24, 2.45) is 0 Å². The molecule has 0 aromatic carbocycles. The van der Waals surface area contributed by atoms with Gasteiger partial charge in [0.1, 0.15) is 6.07 Å². The number of hydrogen-bond donors (Lipinski definition) is 0. The lowest BCUT2D eigenvalue weighted by Gasteiger charge is -1.96. The molecule has 5 heteroatoms. The second-order valence-corrected chi connectivity index (χ2v) is 2.66. The summed E-state index contributed by atoms with van der Waals surface area (Å²) in [4.78, 5) is 7.74. The molecule has 1 rings (SSSR count). The van der Waals surface area contributed by atoms with Crippen molar-refractivity contribution >= 4 is 17.7 Å². The standard InChI is InChI=1S/C9H8ClN3O/c1-2-14-4-3-7-6-12-9(10)8(5-11)13-7/h3-4,6H,2H2,1H3. The maximum Gasteiger partial charge on any atom is 0.178 e. The predicted molar refractivity (Wildman–Crippen MR) is 52.4 cm³/mol. The zero-order valence-corrected chi connectivity index (χ0v) is 8.32. The highest BCUT2D eigenvalue weighted by molar-refractivity contribution is 6.30. The molecule has 0 saturated carbocycles. The summed E-state index contributed by atoms with van der Waals surface area (Å²) in [6, 6.07) is 1.85. The van der Waals surface area contributed by atoms with Crippen molar-refractivity contribution < 1.29 is 4.74 Å². The first-order valence-corrected chi connectivity index (χ1v) is 4.36. The van der Waals surface area contributed by atoms with Crippen LogP contribution >= 0.6 is 11.6 Å². The third-order valence-electron chi connectivity index (χ3n) is 1.35. The van der Waals surface area contributed by atoms with Crippen molar-refractivity contribution in [2.45, 2.75) is 6.92 Å². The van der Waals surface area contributed by atoms with Crippen molar-refractivity contribution in [3.63, 3.8) is 0 Å². The number of nitriles is 1. The van der Waals surface area contributed by atoms with E-state index in [0.717, 1.165) is 0 Å². The summed E-state index contributed by atoms with van der Waals surface area (Å²) >= 11 is 5.61. The lowest BCUT2D eigenvalue weighted by Crippen LogP contribution is -1.91. The molecule has 0 aliphatic heterocycles. The van der Waals surface area contributed by atoms with Crippen LogP contribution in [0, 0.1) is 11.3 Å². The molecule has 0 fully saturated rings. The van der Waals surface area contributed by atoms with E-state index in [9.17, 15) is 0 Å². The fraction of sp³-hybridized carbons (Fsp3) is 0.222. The third-order valence-corrected chi connectivity index (χ3v) is 1.63. The average molecular weight is 210 g/mol. The Balaban J connectivity index is 2.86. The fourth-order valence-corrected chi connectivity index (χ4v) is 0.887. The molecule has 0 saturated heterocycles. The minimum absolute atomic E-state index is 0.112. The minimum atomic E-state index is 0.112. The monoisotopic (exact) mass is 209 g/mol. The largest absolute Gasteiger partial charge is 0.501 e. The van der Waals surface area contributed by atoms with E-state index in [1.54, 1.807) is 6.08 Å². The lowest BCUT2D eigenvalue weighted by molar-refractivity contribution is 0.272. The van der Waals surface area contributed by atoms with Gasteiger partial charge in [0.2, 0.25) is 0 Å². The van der Waals surface area contributed by atoms with Crippen molar-refractivity contribution in [1.29, 1.82) is 5.26 Å². The van der Waals surface area contributed by atoms with Crippen molar-refractivity contribution in [1.82, 2.24) is 9.97 Å². The van der Waals surface area contributed by atoms with Crippen LogP contribution in [0.2, 0.25) is 5.15 Å². The zero-order chi connectivity index (χ0) is 10.4. The normalized spacial score (nSPS) is 10.1. The fourth-order valence-electron chi connectivity index (χ4n) is 0.754. The summed E-state index contributed by atoms with van der Waals surface area (Å²) in [5.41, 5.74) is 0.657. The highest BCUT2D eigenvalue weighted by Crippen LogP contribution is 2.09. The Morgan fingerprint density at radius 2 is 2.50 bits per heavy atom. The van der Waals surface area contributed by atoms with Gasteiger partial charge in [-0.25, -0.2) is 9.97 Å². The van der Waals surface area contributed by atoms with Crippen LogP contribution < -0.4 is 0 Å². The van der Waals surface area contributed by atoms with Gasteiger partial charge in [0.05, 0.1) is 24.8 Å². The van der Waals surface area contributed by atoms with Gasteiger partial charge in [0, 0.05) is 0 Å². The van der Waals surface area contributed by atoms with Gasteiger partial charge in [-0.1, -0.05) is 11.6 Å². The van der Waals surface area contributed by atoms with Crippen molar-refractivity contribution in [3.05, 3.63) is 29.0 Å². The number of rotatable bonds is 3. The Labute approximate surface area is 86.8 Å². The van der Waals surface area contributed by atoms with Crippen LogP contribution in [-0.2, 0) is 4.74 Å². The Kier molecular flexibility index (Phi) is 3.89. The van der Waals surface area contributed by atoms with Crippen LogP contribution in [0.3, 0.4) is 0 Å². The summed E-state index contributed by atoms with van der Waals surface area (Å²) in [5.74, 6) is 0.